The number of hydrogen-bond donors (Lipinski definition) is 0. The number of rotatable bonds is 4. The second-order valence-electron chi connectivity index (χ2n) is 7.69. The lowest BCUT2D eigenvalue weighted by atomic mass is 9.82. The van der Waals surface area contributed by atoms with Crippen LogP contribution in [0.15, 0.2) is 48.5 Å². The highest BCUT2D eigenvalue weighted by Gasteiger charge is 2.43. The Kier molecular flexibility index (Phi) is 5.41. The zero-order chi connectivity index (χ0) is 20.4. The normalized spacial score (nSPS) is 17.6. The van der Waals surface area contributed by atoms with Crippen LogP contribution < -0.4 is 4.74 Å². The van der Waals surface area contributed by atoms with Crippen molar-refractivity contribution >= 4 is 29.1 Å². The molecular weight excluding hydrogens is 390 g/mol. The molecule has 4 rings (SSSR count). The molecule has 2 heterocycles. The number of carbonyl (C=O) groups is 3. The molecule has 2 aromatic rings. The molecular formula is C23H22ClNO4. The number of Topliss-reactive ketones (excluding diaryl/α,β-unsaturated/α-hetero) is 2. The van der Waals surface area contributed by atoms with Crippen molar-refractivity contribution in [2.24, 2.45) is 0 Å². The van der Waals surface area contributed by atoms with Gasteiger partial charge in [-0.1, -0.05) is 23.7 Å². The van der Waals surface area contributed by atoms with Gasteiger partial charge >= 0.3 is 0 Å². The molecule has 150 valence electrons. The van der Waals surface area contributed by atoms with Gasteiger partial charge in [-0.15, -0.1) is 0 Å². The Morgan fingerprint density at radius 3 is 2.41 bits per heavy atom. The van der Waals surface area contributed by atoms with Gasteiger partial charge in [0.25, 0.3) is 0 Å². The van der Waals surface area contributed by atoms with Crippen LogP contribution in [0.1, 0.15) is 52.8 Å². The van der Waals surface area contributed by atoms with E-state index in [0.29, 0.717) is 54.3 Å². The molecule has 0 atom stereocenters. The average molecular weight is 412 g/mol. The van der Waals surface area contributed by atoms with E-state index < -0.39 is 5.60 Å². The van der Waals surface area contributed by atoms with Gasteiger partial charge in [0.15, 0.2) is 11.6 Å². The maximum absolute atomic E-state index is 12.6. The minimum atomic E-state index is -0.526. The Morgan fingerprint density at radius 1 is 1.00 bits per heavy atom. The molecule has 5 nitrogen and oxygen atoms in total. The fraction of sp³-hybridized carbons (Fsp3) is 0.348. The fourth-order valence-electron chi connectivity index (χ4n) is 4.04. The molecule has 29 heavy (non-hydrogen) atoms. The summed E-state index contributed by atoms with van der Waals surface area (Å²) >= 11 is 5.84. The fourth-order valence-corrected chi connectivity index (χ4v) is 4.17. The highest BCUT2D eigenvalue weighted by Crippen LogP contribution is 2.39. The van der Waals surface area contributed by atoms with Crippen LogP contribution in [0.25, 0.3) is 0 Å². The van der Waals surface area contributed by atoms with E-state index >= 15 is 0 Å². The molecule has 6 heteroatoms. The van der Waals surface area contributed by atoms with Gasteiger partial charge in [0.2, 0.25) is 5.91 Å². The van der Waals surface area contributed by atoms with Gasteiger partial charge in [0.05, 0.1) is 12.0 Å². The number of ketones is 2. The molecule has 2 aromatic carbocycles. The van der Waals surface area contributed by atoms with E-state index in [1.165, 1.54) is 0 Å². The van der Waals surface area contributed by atoms with Crippen molar-refractivity contribution in [2.75, 3.05) is 13.1 Å². The van der Waals surface area contributed by atoms with Crippen molar-refractivity contribution in [3.8, 4) is 5.75 Å². The van der Waals surface area contributed by atoms with Crippen LogP contribution in [0.5, 0.6) is 5.75 Å². The molecule has 1 amide bonds. The van der Waals surface area contributed by atoms with Crippen LogP contribution in [0.2, 0.25) is 5.02 Å². The number of halogens is 1. The first kappa shape index (κ1) is 19.6. The second-order valence-corrected chi connectivity index (χ2v) is 8.13. The van der Waals surface area contributed by atoms with Crippen LogP contribution in [-0.4, -0.2) is 41.1 Å². The van der Waals surface area contributed by atoms with E-state index in [1.54, 1.807) is 35.2 Å². The third-order valence-electron chi connectivity index (χ3n) is 5.76. The average Bonchev–Trinajstić information content (AvgIpc) is 2.73. The van der Waals surface area contributed by atoms with Crippen molar-refractivity contribution < 1.29 is 19.1 Å². The first-order valence-electron chi connectivity index (χ1n) is 9.84. The number of carbonyl (C=O) groups excluding carboxylic acids is 3. The van der Waals surface area contributed by atoms with E-state index in [4.69, 9.17) is 16.3 Å². The first-order chi connectivity index (χ1) is 14.0. The molecule has 0 N–H and O–H groups in total. The molecule has 0 unspecified atom stereocenters. The number of likely N-dealkylation sites (tertiary alicyclic amines) is 1. The number of nitrogens with zero attached hydrogens (tertiary/aromatic N) is 1. The number of hydrogen-bond acceptors (Lipinski definition) is 4. The van der Waals surface area contributed by atoms with Gasteiger partial charge in [0.1, 0.15) is 11.4 Å². The largest absolute Gasteiger partial charge is 0.486 e. The highest BCUT2D eigenvalue weighted by molar-refractivity contribution is 6.30. The molecule has 0 bridgehead atoms. The molecule has 1 spiro atoms. The summed E-state index contributed by atoms with van der Waals surface area (Å²) in [5.41, 5.74) is 0.673. The summed E-state index contributed by atoms with van der Waals surface area (Å²) in [6.07, 6.45) is 1.93. The molecule has 0 saturated carbocycles. The van der Waals surface area contributed by atoms with E-state index in [-0.39, 0.29) is 30.3 Å². The topological polar surface area (TPSA) is 63.7 Å². The number of benzene rings is 2. The molecule has 2 aliphatic heterocycles. The minimum absolute atomic E-state index is 0.0373. The number of para-hydroxylation sites is 1. The van der Waals surface area contributed by atoms with Crippen molar-refractivity contribution in [2.45, 2.75) is 37.7 Å². The third-order valence-corrected chi connectivity index (χ3v) is 6.01. The summed E-state index contributed by atoms with van der Waals surface area (Å²) < 4.78 is 6.20. The standard InChI is InChI=1S/C23H22ClNO4/c24-17-7-5-16(6-8-17)19(26)9-10-22(28)25-13-11-23(12-14-25)15-20(27)18-3-1-2-4-21(18)29-23/h1-8H,9-15H2. The molecule has 2 aliphatic rings. The van der Waals surface area contributed by atoms with Gasteiger partial charge in [-0.2, -0.15) is 0 Å². The van der Waals surface area contributed by atoms with E-state index in [9.17, 15) is 14.4 Å². The van der Waals surface area contributed by atoms with Crippen molar-refractivity contribution in [3.05, 3.63) is 64.7 Å². The van der Waals surface area contributed by atoms with Gasteiger partial charge in [0, 0.05) is 49.4 Å². The molecule has 0 radical (unpaired) electrons. The van der Waals surface area contributed by atoms with E-state index in [1.807, 2.05) is 18.2 Å². The Balaban J connectivity index is 1.31. The van der Waals surface area contributed by atoms with Gasteiger partial charge < -0.3 is 9.64 Å². The summed E-state index contributed by atoms with van der Waals surface area (Å²) in [7, 11) is 0. The van der Waals surface area contributed by atoms with Gasteiger partial charge in [-0.05, 0) is 36.4 Å². The van der Waals surface area contributed by atoms with Crippen molar-refractivity contribution in [1.29, 1.82) is 0 Å². The van der Waals surface area contributed by atoms with Crippen molar-refractivity contribution in [1.82, 2.24) is 4.90 Å². The Bertz CT molecular complexity index is 946. The second kappa shape index (κ2) is 7.99. The van der Waals surface area contributed by atoms with Crippen LogP contribution >= 0.6 is 11.6 Å². The molecule has 0 aromatic heterocycles. The number of piperidine rings is 1. The smallest absolute Gasteiger partial charge is 0.223 e. The SMILES string of the molecule is O=C(CCC(=O)N1CCC2(CC1)CC(=O)c1ccccc1O2)c1ccc(Cl)cc1. The third kappa shape index (κ3) is 4.20. The van der Waals surface area contributed by atoms with Gasteiger partial charge in [-0.25, -0.2) is 0 Å². The predicted octanol–water partition coefficient (Wildman–Crippen LogP) is 4.33. The maximum atomic E-state index is 12.6. The summed E-state index contributed by atoms with van der Waals surface area (Å²) in [6, 6.07) is 14.0. The number of ether oxygens (including phenoxy) is 1. The monoisotopic (exact) mass is 411 g/mol. The summed E-state index contributed by atoms with van der Waals surface area (Å²) in [5.74, 6) is 0.628. The highest BCUT2D eigenvalue weighted by atomic mass is 35.5. The Morgan fingerprint density at radius 2 is 1.69 bits per heavy atom. The lowest BCUT2D eigenvalue weighted by Gasteiger charge is -2.44. The summed E-state index contributed by atoms with van der Waals surface area (Å²) in [6.45, 7) is 1.06. The quantitative estimate of drug-likeness (QED) is 0.702. The lowest BCUT2D eigenvalue weighted by Crippen LogP contribution is -2.52. The predicted molar refractivity (Wildman–Crippen MR) is 110 cm³/mol. The lowest BCUT2D eigenvalue weighted by molar-refractivity contribution is -0.134. The first-order valence-corrected chi connectivity index (χ1v) is 10.2. The van der Waals surface area contributed by atoms with Crippen LogP contribution in [-0.2, 0) is 4.79 Å². The van der Waals surface area contributed by atoms with Crippen LogP contribution in [0.3, 0.4) is 0 Å². The summed E-state index contributed by atoms with van der Waals surface area (Å²) in [4.78, 5) is 39.1. The van der Waals surface area contributed by atoms with Crippen LogP contribution in [0.4, 0.5) is 0 Å². The molecule has 1 saturated heterocycles. The molecule has 1 fully saturated rings. The van der Waals surface area contributed by atoms with Gasteiger partial charge in [-0.3, -0.25) is 14.4 Å². The number of fused-ring (bicyclic) bond motifs is 1. The number of amides is 1. The zero-order valence-electron chi connectivity index (χ0n) is 16.0. The Hall–Kier alpha value is -2.66. The molecule has 0 aliphatic carbocycles. The Labute approximate surface area is 174 Å². The zero-order valence-corrected chi connectivity index (χ0v) is 16.8. The maximum Gasteiger partial charge on any atom is 0.223 e. The van der Waals surface area contributed by atoms with Crippen molar-refractivity contribution in [3.63, 3.8) is 0 Å². The van der Waals surface area contributed by atoms with E-state index in [2.05, 4.69) is 0 Å². The minimum Gasteiger partial charge on any atom is -0.486 e. The van der Waals surface area contributed by atoms with E-state index in [0.717, 1.165) is 0 Å². The van der Waals surface area contributed by atoms with Crippen LogP contribution in [0, 0.1) is 0 Å². The summed E-state index contributed by atoms with van der Waals surface area (Å²) in [5, 5.41) is 0.575.